The first-order valence-electron chi connectivity index (χ1n) is 4.87. The molecule has 0 radical (unpaired) electrons. The van der Waals surface area contributed by atoms with Crippen LogP contribution < -0.4 is 0 Å². The van der Waals surface area contributed by atoms with Gasteiger partial charge >= 0.3 is 6.55 Å². The molecule has 0 bridgehead atoms. The van der Waals surface area contributed by atoms with Gasteiger partial charge in [0.15, 0.2) is 0 Å². The third-order valence-electron chi connectivity index (χ3n) is 2.57. The van der Waals surface area contributed by atoms with Crippen molar-refractivity contribution in [2.75, 3.05) is 13.1 Å². The third kappa shape index (κ3) is 2.32. The number of hydrogen-bond acceptors (Lipinski definition) is 3. The highest BCUT2D eigenvalue weighted by atomic mass is 19.3. The molecule has 6 heteroatoms. The molecule has 1 unspecified atom stereocenters. The summed E-state index contributed by atoms with van der Waals surface area (Å²) in [6.07, 6.45) is 3.01. The van der Waals surface area contributed by atoms with Crippen LogP contribution in [0.25, 0.3) is 0 Å². The summed E-state index contributed by atoms with van der Waals surface area (Å²) in [5.74, 6) is 0.346. The van der Waals surface area contributed by atoms with Crippen molar-refractivity contribution in [2.24, 2.45) is 0 Å². The Balaban J connectivity index is 2.01. The van der Waals surface area contributed by atoms with Crippen molar-refractivity contribution in [1.29, 1.82) is 0 Å². The second-order valence-electron chi connectivity index (χ2n) is 3.71. The maximum atomic E-state index is 12.5. The van der Waals surface area contributed by atoms with E-state index in [2.05, 4.69) is 4.98 Å². The zero-order valence-corrected chi connectivity index (χ0v) is 8.18. The summed E-state index contributed by atoms with van der Waals surface area (Å²) in [6.45, 7) is -0.906. The molecule has 15 heavy (non-hydrogen) atoms. The molecule has 0 aliphatic carbocycles. The van der Waals surface area contributed by atoms with Crippen LogP contribution in [-0.2, 0) is 6.54 Å². The Labute approximate surface area is 86.1 Å². The summed E-state index contributed by atoms with van der Waals surface area (Å²) in [4.78, 5) is 5.81. The lowest BCUT2D eigenvalue weighted by atomic mass is 10.3. The van der Waals surface area contributed by atoms with Gasteiger partial charge in [-0.05, 0) is 6.42 Å². The zero-order chi connectivity index (χ0) is 10.8. The molecule has 1 aromatic heterocycles. The van der Waals surface area contributed by atoms with Crippen molar-refractivity contribution in [3.8, 4) is 0 Å². The second-order valence-corrected chi connectivity index (χ2v) is 3.71. The largest absolute Gasteiger partial charge is 0.392 e. The van der Waals surface area contributed by atoms with Crippen LogP contribution in [0.2, 0.25) is 0 Å². The lowest BCUT2D eigenvalue weighted by Gasteiger charge is -2.15. The van der Waals surface area contributed by atoms with Crippen molar-refractivity contribution < 1.29 is 13.9 Å². The summed E-state index contributed by atoms with van der Waals surface area (Å²) in [5, 5.41) is 9.29. The molecule has 0 saturated carbocycles. The van der Waals surface area contributed by atoms with E-state index >= 15 is 0 Å². The minimum Gasteiger partial charge on any atom is -0.392 e. The average Bonchev–Trinajstić information content (AvgIpc) is 2.75. The minimum absolute atomic E-state index is 0.333. The monoisotopic (exact) mass is 217 g/mol. The van der Waals surface area contributed by atoms with Gasteiger partial charge in [-0.2, -0.15) is 8.78 Å². The number of rotatable bonds is 3. The first-order valence-corrected chi connectivity index (χ1v) is 4.87. The second kappa shape index (κ2) is 4.24. The topological polar surface area (TPSA) is 41.3 Å². The Kier molecular flexibility index (Phi) is 2.97. The lowest BCUT2D eigenvalue weighted by molar-refractivity contribution is 0.0641. The number of aromatic nitrogens is 2. The molecule has 0 amide bonds. The standard InChI is InChI=1S/C9H13F2N3O/c10-9(11)14-4-2-12-8(14)6-13-3-1-7(15)5-13/h2,4,7,9,15H,1,3,5-6H2. The van der Waals surface area contributed by atoms with Crippen LogP contribution in [0.4, 0.5) is 8.78 Å². The predicted molar refractivity (Wildman–Crippen MR) is 49.4 cm³/mol. The number of imidazole rings is 1. The molecule has 84 valence electrons. The predicted octanol–water partition coefficient (Wildman–Crippen LogP) is 0.845. The maximum absolute atomic E-state index is 12.5. The first kappa shape index (κ1) is 10.5. The molecule has 1 aliphatic rings. The van der Waals surface area contributed by atoms with E-state index in [0.717, 1.165) is 11.1 Å². The van der Waals surface area contributed by atoms with Crippen molar-refractivity contribution in [3.05, 3.63) is 18.2 Å². The molecule has 2 heterocycles. The first-order chi connectivity index (χ1) is 7.16. The molecule has 1 saturated heterocycles. The molecular formula is C9H13F2N3O. The Morgan fingerprint density at radius 2 is 2.40 bits per heavy atom. The molecular weight excluding hydrogens is 204 g/mol. The van der Waals surface area contributed by atoms with E-state index in [1.54, 1.807) is 0 Å². The van der Waals surface area contributed by atoms with Gasteiger partial charge in [-0.3, -0.25) is 9.47 Å². The summed E-state index contributed by atoms with van der Waals surface area (Å²) < 4.78 is 25.8. The van der Waals surface area contributed by atoms with E-state index in [-0.39, 0.29) is 6.10 Å². The van der Waals surface area contributed by atoms with Crippen molar-refractivity contribution in [3.63, 3.8) is 0 Å². The van der Waals surface area contributed by atoms with Gasteiger partial charge in [-0.15, -0.1) is 0 Å². The smallest absolute Gasteiger partial charge is 0.319 e. The summed E-state index contributed by atoms with van der Waals surface area (Å²) >= 11 is 0. The quantitative estimate of drug-likeness (QED) is 0.815. The number of β-amino-alcohol motifs (C(OH)–C–C–N with tert-alkyl or cyclic N) is 1. The molecule has 4 nitrogen and oxygen atoms in total. The fourth-order valence-corrected chi connectivity index (χ4v) is 1.80. The Morgan fingerprint density at radius 3 is 3.00 bits per heavy atom. The Morgan fingerprint density at radius 1 is 1.60 bits per heavy atom. The number of halogens is 2. The molecule has 0 spiro atoms. The average molecular weight is 217 g/mol. The van der Waals surface area contributed by atoms with Crippen LogP contribution in [0.1, 0.15) is 18.8 Å². The van der Waals surface area contributed by atoms with E-state index < -0.39 is 6.55 Å². The van der Waals surface area contributed by atoms with E-state index in [1.807, 2.05) is 4.90 Å². The van der Waals surface area contributed by atoms with Gasteiger partial charge in [0.1, 0.15) is 5.82 Å². The van der Waals surface area contributed by atoms with E-state index in [9.17, 15) is 13.9 Å². The minimum atomic E-state index is -2.55. The number of aliphatic hydroxyl groups excluding tert-OH is 1. The van der Waals surface area contributed by atoms with E-state index in [4.69, 9.17) is 0 Å². The van der Waals surface area contributed by atoms with Crippen LogP contribution in [-0.4, -0.2) is 38.8 Å². The van der Waals surface area contributed by atoms with Gasteiger partial charge in [-0.1, -0.05) is 0 Å². The van der Waals surface area contributed by atoms with Gasteiger partial charge in [-0.25, -0.2) is 4.98 Å². The Bertz CT molecular complexity index is 329. The fourth-order valence-electron chi connectivity index (χ4n) is 1.80. The van der Waals surface area contributed by atoms with Gasteiger partial charge in [0.05, 0.1) is 12.6 Å². The lowest BCUT2D eigenvalue weighted by Crippen LogP contribution is -2.23. The van der Waals surface area contributed by atoms with Crippen molar-refractivity contribution >= 4 is 0 Å². The summed E-state index contributed by atoms with van der Waals surface area (Å²) in [6, 6.07) is 0. The van der Waals surface area contributed by atoms with Crippen LogP contribution in [0.15, 0.2) is 12.4 Å². The molecule has 1 aromatic rings. The molecule has 1 aliphatic heterocycles. The number of aliphatic hydroxyl groups is 1. The number of hydrogen-bond donors (Lipinski definition) is 1. The molecule has 0 aromatic carbocycles. The van der Waals surface area contributed by atoms with Crippen LogP contribution >= 0.6 is 0 Å². The highest BCUT2D eigenvalue weighted by Gasteiger charge is 2.22. The van der Waals surface area contributed by atoms with Gasteiger partial charge in [0, 0.05) is 25.5 Å². The van der Waals surface area contributed by atoms with Crippen LogP contribution in [0.5, 0.6) is 0 Å². The normalized spacial score (nSPS) is 22.8. The van der Waals surface area contributed by atoms with Gasteiger partial charge in [0.25, 0.3) is 0 Å². The number of alkyl halides is 2. The fraction of sp³-hybridized carbons (Fsp3) is 0.667. The molecule has 1 N–H and O–H groups in total. The zero-order valence-electron chi connectivity index (χ0n) is 8.18. The SMILES string of the molecule is OC1CCN(Cc2nccn2C(F)F)C1. The number of nitrogens with zero attached hydrogens (tertiary/aromatic N) is 3. The Hall–Kier alpha value is -1.01. The number of likely N-dealkylation sites (tertiary alicyclic amines) is 1. The van der Waals surface area contributed by atoms with Crippen LogP contribution in [0.3, 0.4) is 0 Å². The van der Waals surface area contributed by atoms with Crippen molar-refractivity contribution in [1.82, 2.24) is 14.5 Å². The van der Waals surface area contributed by atoms with E-state index in [1.165, 1.54) is 12.4 Å². The van der Waals surface area contributed by atoms with E-state index in [0.29, 0.717) is 25.3 Å². The van der Waals surface area contributed by atoms with Gasteiger partial charge < -0.3 is 5.11 Å². The van der Waals surface area contributed by atoms with Gasteiger partial charge in [0.2, 0.25) is 0 Å². The summed E-state index contributed by atoms with van der Waals surface area (Å²) in [7, 11) is 0. The molecule has 1 atom stereocenters. The highest BCUT2D eigenvalue weighted by molar-refractivity contribution is 4.94. The summed E-state index contributed by atoms with van der Waals surface area (Å²) in [5.41, 5.74) is 0. The van der Waals surface area contributed by atoms with Crippen LogP contribution in [0, 0.1) is 0 Å². The molecule has 1 fully saturated rings. The third-order valence-corrected chi connectivity index (χ3v) is 2.57. The van der Waals surface area contributed by atoms with Crippen molar-refractivity contribution in [2.45, 2.75) is 25.6 Å². The highest BCUT2D eigenvalue weighted by Crippen LogP contribution is 2.16. The molecule has 2 rings (SSSR count). The maximum Gasteiger partial charge on any atom is 0.319 e.